The van der Waals surface area contributed by atoms with Crippen LogP contribution in [0.1, 0.15) is 37.6 Å². The van der Waals surface area contributed by atoms with Gasteiger partial charge in [0.05, 0.1) is 0 Å². The number of carbonyl (C=O) groups excluding carboxylic acids is 4. The van der Waals surface area contributed by atoms with E-state index in [9.17, 15) is 29.1 Å². The molecule has 0 aliphatic carbocycles. The van der Waals surface area contributed by atoms with E-state index in [4.69, 9.17) is 9.57 Å². The van der Waals surface area contributed by atoms with Gasteiger partial charge < -0.3 is 30.6 Å². The molecule has 2 aliphatic rings. The number of carbonyl (C=O) groups is 5. The van der Waals surface area contributed by atoms with Gasteiger partial charge in [0.15, 0.2) is 10.8 Å². The molecule has 4 N–H and O–H groups in total. The third-order valence-corrected chi connectivity index (χ3v) is 7.70. The highest BCUT2D eigenvalue weighted by molar-refractivity contribution is 8.00. The lowest BCUT2D eigenvalue weighted by atomic mass is 10.0. The molecule has 4 rings (SSSR count). The number of β-lactam (4-membered cyclic amide) rings is 1. The van der Waals surface area contributed by atoms with Gasteiger partial charge in [-0.1, -0.05) is 29.4 Å². The van der Waals surface area contributed by atoms with Crippen LogP contribution >= 0.6 is 23.1 Å². The zero-order valence-corrected chi connectivity index (χ0v) is 24.4. The number of nitrogens with one attached hydrogen (secondary N) is 3. The average Bonchev–Trinajstić information content (AvgIpc) is 3.40. The number of aliphatic carboxylic acids is 1. The molecule has 1 fully saturated rings. The summed E-state index contributed by atoms with van der Waals surface area (Å²) < 4.78 is 5.22. The second-order valence-corrected chi connectivity index (χ2v) is 12.0. The third-order valence-electron chi connectivity index (χ3n) is 5.74. The maximum atomic E-state index is 13.2. The number of nitrogens with zero attached hydrogens (tertiary/aromatic N) is 3. The fourth-order valence-electron chi connectivity index (χ4n) is 3.86. The first kappa shape index (κ1) is 30.5. The number of aromatic nitrogens is 1. The van der Waals surface area contributed by atoms with Crippen molar-refractivity contribution < 1.29 is 38.7 Å². The first-order valence-corrected chi connectivity index (χ1v) is 14.5. The Morgan fingerprint density at radius 2 is 1.93 bits per heavy atom. The number of benzene rings is 1. The summed E-state index contributed by atoms with van der Waals surface area (Å²) in [7, 11) is 0. The Labute approximate surface area is 248 Å². The van der Waals surface area contributed by atoms with Crippen molar-refractivity contribution in [3.8, 4) is 0 Å². The van der Waals surface area contributed by atoms with E-state index >= 15 is 0 Å². The lowest BCUT2D eigenvalue weighted by Gasteiger charge is -2.48. The van der Waals surface area contributed by atoms with E-state index in [1.54, 1.807) is 45.0 Å². The van der Waals surface area contributed by atoms with E-state index in [-0.39, 0.29) is 35.4 Å². The molecule has 0 bridgehead atoms. The van der Waals surface area contributed by atoms with Gasteiger partial charge in [0.25, 0.3) is 11.8 Å². The summed E-state index contributed by atoms with van der Waals surface area (Å²) in [5, 5.41) is 22.2. The number of amides is 4. The highest BCUT2D eigenvalue weighted by Crippen LogP contribution is 2.37. The van der Waals surface area contributed by atoms with Gasteiger partial charge >= 0.3 is 12.1 Å². The van der Waals surface area contributed by atoms with Gasteiger partial charge in [0, 0.05) is 17.7 Å². The minimum atomic E-state index is -1.22. The smallest absolute Gasteiger partial charge is 0.407 e. The number of oxime groups is 1. The Balaban J connectivity index is 1.41. The number of fused-ring (bicyclic) bond motifs is 1. The van der Waals surface area contributed by atoms with Gasteiger partial charge in [-0.25, -0.2) is 14.6 Å². The first-order chi connectivity index (χ1) is 20.0. The molecule has 1 unspecified atom stereocenters. The topological polar surface area (TPSA) is 189 Å². The Bertz CT molecular complexity index is 1430. The van der Waals surface area contributed by atoms with Crippen LogP contribution in [0.3, 0.4) is 0 Å². The van der Waals surface area contributed by atoms with Crippen molar-refractivity contribution in [3.63, 3.8) is 0 Å². The molecule has 0 saturated carbocycles. The molecule has 1 aromatic heterocycles. The molecule has 222 valence electrons. The normalized spacial score (nSPS) is 18.2. The molecule has 2 atom stereocenters. The van der Waals surface area contributed by atoms with Crippen LogP contribution in [-0.2, 0) is 41.9 Å². The fourth-order valence-corrected chi connectivity index (χ4v) is 5.71. The molecule has 3 heterocycles. The van der Waals surface area contributed by atoms with Crippen LogP contribution < -0.4 is 16.0 Å². The zero-order valence-electron chi connectivity index (χ0n) is 22.8. The van der Waals surface area contributed by atoms with Gasteiger partial charge in [-0.05, 0) is 38.0 Å². The van der Waals surface area contributed by atoms with E-state index in [0.717, 1.165) is 27.4 Å². The van der Waals surface area contributed by atoms with Gasteiger partial charge in [-0.3, -0.25) is 19.3 Å². The number of hydrogen-bond acceptors (Lipinski definition) is 11. The number of ether oxygens (including phenoxy) is 1. The number of thioether (sulfide) groups is 1. The fraction of sp³-hybridized carbons (Fsp3) is 0.346. The quantitative estimate of drug-likeness (QED) is 0.126. The second-order valence-electron chi connectivity index (χ2n) is 9.96. The minimum Gasteiger partial charge on any atom is -0.477 e. The monoisotopic (exact) mass is 616 g/mol. The van der Waals surface area contributed by atoms with Gasteiger partial charge in [-0.15, -0.1) is 23.1 Å². The van der Waals surface area contributed by atoms with Crippen molar-refractivity contribution in [2.45, 2.75) is 50.9 Å². The van der Waals surface area contributed by atoms with Gasteiger partial charge in [-0.2, -0.15) is 0 Å². The zero-order chi connectivity index (χ0) is 30.4. The van der Waals surface area contributed by atoms with Crippen LogP contribution in [0.25, 0.3) is 0 Å². The van der Waals surface area contributed by atoms with E-state index in [1.165, 1.54) is 23.2 Å². The SMILES string of the molecule is CC(C)(C)OC(=O)NCc1ccc(CON=C(C(=O)NC2C(=O)N3C(C(=O)O)=CCS[C@H]23)c2csc(NC=O)n2)cc1. The number of hydrogen-bond donors (Lipinski definition) is 4. The number of carboxylic acid groups (broad SMARTS) is 1. The Hall–Kier alpha value is -4.44. The number of anilines is 1. The lowest BCUT2D eigenvalue weighted by molar-refractivity contribution is -0.150. The molecule has 14 nitrogen and oxygen atoms in total. The lowest BCUT2D eigenvalue weighted by Crippen LogP contribution is -2.70. The summed E-state index contributed by atoms with van der Waals surface area (Å²) in [6, 6.07) is 6.16. The molecule has 42 heavy (non-hydrogen) atoms. The predicted octanol–water partition coefficient (Wildman–Crippen LogP) is 2.03. The van der Waals surface area contributed by atoms with E-state index in [2.05, 4.69) is 26.1 Å². The maximum Gasteiger partial charge on any atom is 0.407 e. The molecule has 1 aromatic carbocycles. The summed E-state index contributed by atoms with van der Waals surface area (Å²) in [6.07, 6.45) is 1.36. The van der Waals surface area contributed by atoms with Crippen LogP contribution in [0.5, 0.6) is 0 Å². The Morgan fingerprint density at radius 1 is 1.21 bits per heavy atom. The van der Waals surface area contributed by atoms with Crippen LogP contribution in [0.2, 0.25) is 0 Å². The van der Waals surface area contributed by atoms with Crippen LogP contribution in [0.15, 0.2) is 46.6 Å². The third kappa shape index (κ3) is 7.44. The highest BCUT2D eigenvalue weighted by Gasteiger charge is 2.53. The molecule has 4 amide bonds. The van der Waals surface area contributed by atoms with Gasteiger partial charge in [0.1, 0.15) is 35.0 Å². The van der Waals surface area contributed by atoms with E-state index in [1.807, 2.05) is 0 Å². The largest absolute Gasteiger partial charge is 0.477 e. The molecule has 0 radical (unpaired) electrons. The van der Waals surface area contributed by atoms with Crippen molar-refractivity contribution in [2.75, 3.05) is 11.1 Å². The van der Waals surface area contributed by atoms with Crippen molar-refractivity contribution in [1.29, 1.82) is 0 Å². The molecule has 2 aliphatic heterocycles. The van der Waals surface area contributed by atoms with Crippen molar-refractivity contribution >= 4 is 64.2 Å². The Morgan fingerprint density at radius 3 is 2.60 bits per heavy atom. The van der Waals surface area contributed by atoms with Crippen molar-refractivity contribution in [3.05, 3.63) is 58.2 Å². The van der Waals surface area contributed by atoms with Crippen molar-refractivity contribution in [2.24, 2.45) is 5.16 Å². The summed E-state index contributed by atoms with van der Waals surface area (Å²) in [4.78, 5) is 70.9. The number of carboxylic acids is 1. The van der Waals surface area contributed by atoms with Crippen molar-refractivity contribution in [1.82, 2.24) is 20.5 Å². The Kier molecular flexibility index (Phi) is 9.47. The summed E-state index contributed by atoms with van der Waals surface area (Å²) in [5.74, 6) is -2.17. The van der Waals surface area contributed by atoms with Crippen LogP contribution in [0, 0.1) is 0 Å². The standard InChI is InChI=1S/C26H28N6O8S2/c1-26(2,3)40-25(38)27-10-14-4-6-15(7-5-14)11-39-31-18(16-12-42-24(29-16)28-13-33)20(34)30-19-21(35)32-17(23(36)37)8-9-41-22(19)32/h4-8,12-13,19,22H,9-11H2,1-3H3,(H,27,38)(H,30,34)(H,36,37)(H,28,29,33)/t19?,22-/m1/s1. The van der Waals surface area contributed by atoms with E-state index < -0.39 is 40.9 Å². The predicted molar refractivity (Wildman–Crippen MR) is 153 cm³/mol. The second kappa shape index (κ2) is 13.0. The van der Waals surface area contributed by atoms with Crippen LogP contribution in [0.4, 0.5) is 9.93 Å². The molecular formula is C26H28N6O8S2. The summed E-state index contributed by atoms with van der Waals surface area (Å²) >= 11 is 2.38. The molecule has 16 heteroatoms. The summed E-state index contributed by atoms with van der Waals surface area (Å²) in [5.41, 5.74) is 0.698. The number of alkyl carbamates (subject to hydrolysis) is 1. The van der Waals surface area contributed by atoms with E-state index in [0.29, 0.717) is 12.2 Å². The number of rotatable bonds is 11. The molecule has 1 saturated heterocycles. The summed E-state index contributed by atoms with van der Waals surface area (Å²) in [6.45, 7) is 5.58. The average molecular weight is 617 g/mol. The first-order valence-electron chi connectivity index (χ1n) is 12.6. The molecular weight excluding hydrogens is 588 g/mol. The molecule has 2 aromatic rings. The van der Waals surface area contributed by atoms with Gasteiger partial charge in [0.2, 0.25) is 6.41 Å². The van der Waals surface area contributed by atoms with Crippen LogP contribution in [-0.4, -0.2) is 73.8 Å². The highest BCUT2D eigenvalue weighted by atomic mass is 32.2. The minimum absolute atomic E-state index is 0.0124. The number of thiazole rings is 1. The maximum absolute atomic E-state index is 13.2. The molecule has 0 spiro atoms.